The minimum absolute atomic E-state index is 0.0928. The van der Waals surface area contributed by atoms with Crippen LogP contribution in [-0.4, -0.2) is 16.7 Å². The van der Waals surface area contributed by atoms with E-state index >= 15 is 0 Å². The molecule has 0 saturated heterocycles. The average Bonchev–Trinajstić information content (AvgIpc) is 3.05. The average molecular weight is 416 g/mol. The molecule has 30 heavy (non-hydrogen) atoms. The summed E-state index contributed by atoms with van der Waals surface area (Å²) in [5.74, 6) is 5.53. The minimum Gasteiger partial charge on any atom is -0.411 e. The van der Waals surface area contributed by atoms with Crippen molar-refractivity contribution < 1.29 is 10.0 Å². The zero-order valence-electron chi connectivity index (χ0n) is 20.1. The smallest absolute Gasteiger partial charge is 0.180 e. The van der Waals surface area contributed by atoms with E-state index in [2.05, 4.69) is 39.8 Å². The molecule has 8 atom stereocenters. The molecule has 0 heterocycles. The van der Waals surface area contributed by atoms with Crippen molar-refractivity contribution in [2.45, 2.75) is 105 Å². The standard InChI is InChI=1S/C27H45NO2/c1-17(2)7-6-8-18(3)21-11-12-22-20-10-9-19-15-25(29)24(28-30)16-27(19,5)23(20)13-14-26(21,22)4/h17-23,30H,6-16H2,1-5H3/b28-24+/t18-,19+,20+,21+,22-,23+,26-,27+/m1/s1. The Morgan fingerprint density at radius 3 is 2.43 bits per heavy atom. The Kier molecular flexibility index (Phi) is 6.14. The Hall–Kier alpha value is -0.860. The van der Waals surface area contributed by atoms with Crippen LogP contribution in [0.5, 0.6) is 0 Å². The molecule has 0 unspecified atom stereocenters. The summed E-state index contributed by atoms with van der Waals surface area (Å²) in [5, 5.41) is 12.8. The summed E-state index contributed by atoms with van der Waals surface area (Å²) in [7, 11) is 0. The molecule has 4 saturated carbocycles. The van der Waals surface area contributed by atoms with Crippen molar-refractivity contribution in [1.82, 2.24) is 0 Å². The number of ketones is 1. The van der Waals surface area contributed by atoms with Gasteiger partial charge in [0.05, 0.1) is 0 Å². The monoisotopic (exact) mass is 415 g/mol. The van der Waals surface area contributed by atoms with Gasteiger partial charge >= 0.3 is 0 Å². The molecule has 0 spiro atoms. The lowest BCUT2D eigenvalue weighted by Gasteiger charge is -2.60. The first-order chi connectivity index (χ1) is 14.2. The van der Waals surface area contributed by atoms with Crippen molar-refractivity contribution in [2.24, 2.45) is 57.4 Å². The molecule has 0 aromatic heterocycles. The van der Waals surface area contributed by atoms with Gasteiger partial charge < -0.3 is 5.21 Å². The summed E-state index contributed by atoms with van der Waals surface area (Å²) in [6.45, 7) is 12.3. The number of carbonyl (C=O) groups excluding carboxylic acids is 1. The number of oxime groups is 1. The summed E-state index contributed by atoms with van der Waals surface area (Å²) >= 11 is 0. The lowest BCUT2D eigenvalue weighted by atomic mass is 9.44. The summed E-state index contributed by atoms with van der Waals surface area (Å²) in [6, 6.07) is 0. The van der Waals surface area contributed by atoms with E-state index in [1.807, 2.05) is 0 Å². The second-order valence-corrected chi connectivity index (χ2v) is 12.5. The van der Waals surface area contributed by atoms with Gasteiger partial charge in [0.25, 0.3) is 0 Å². The summed E-state index contributed by atoms with van der Waals surface area (Å²) < 4.78 is 0. The Balaban J connectivity index is 1.50. The second kappa shape index (κ2) is 8.24. The number of nitrogens with zero attached hydrogens (tertiary/aromatic N) is 1. The number of hydrogen-bond acceptors (Lipinski definition) is 3. The SMILES string of the molecule is CC(C)CCC[C@@H](C)[C@@H]1CC[C@@H]2[C@@H]3CC[C@H]4CC(=O)/C(=N/O)C[C@]4(C)[C@H]3CC[C@@]21C. The molecule has 0 aliphatic heterocycles. The van der Waals surface area contributed by atoms with Crippen LogP contribution in [0.3, 0.4) is 0 Å². The Morgan fingerprint density at radius 1 is 1.00 bits per heavy atom. The zero-order valence-corrected chi connectivity index (χ0v) is 20.1. The van der Waals surface area contributed by atoms with Crippen LogP contribution in [0.15, 0.2) is 5.16 Å². The van der Waals surface area contributed by atoms with Crippen LogP contribution >= 0.6 is 0 Å². The van der Waals surface area contributed by atoms with Gasteiger partial charge in [-0.3, -0.25) is 4.79 Å². The molecular weight excluding hydrogens is 370 g/mol. The van der Waals surface area contributed by atoms with Crippen molar-refractivity contribution in [3.8, 4) is 0 Å². The van der Waals surface area contributed by atoms with Crippen molar-refractivity contribution in [3.63, 3.8) is 0 Å². The molecule has 0 aromatic rings. The highest BCUT2D eigenvalue weighted by Gasteiger charge is 2.61. The molecule has 4 aliphatic rings. The fourth-order valence-corrected chi connectivity index (χ4v) is 9.06. The molecule has 0 amide bonds. The molecule has 4 aliphatic carbocycles. The van der Waals surface area contributed by atoms with E-state index in [0.29, 0.717) is 35.8 Å². The number of carbonyl (C=O) groups is 1. The van der Waals surface area contributed by atoms with Crippen molar-refractivity contribution >= 4 is 11.5 Å². The highest BCUT2D eigenvalue weighted by Crippen LogP contribution is 2.68. The molecular formula is C27H45NO2. The van der Waals surface area contributed by atoms with E-state index in [9.17, 15) is 10.0 Å². The van der Waals surface area contributed by atoms with Gasteiger partial charge in [0.1, 0.15) is 5.71 Å². The number of fused-ring (bicyclic) bond motifs is 5. The molecule has 3 heteroatoms. The van der Waals surface area contributed by atoms with E-state index in [-0.39, 0.29) is 11.2 Å². The van der Waals surface area contributed by atoms with Crippen LogP contribution in [0.1, 0.15) is 105 Å². The molecule has 4 fully saturated rings. The van der Waals surface area contributed by atoms with Crippen LogP contribution in [-0.2, 0) is 4.79 Å². The van der Waals surface area contributed by atoms with E-state index in [4.69, 9.17) is 0 Å². The maximum absolute atomic E-state index is 12.4. The second-order valence-electron chi connectivity index (χ2n) is 12.5. The molecule has 0 bridgehead atoms. The quantitative estimate of drug-likeness (QED) is 0.384. The molecule has 0 aromatic carbocycles. The van der Waals surface area contributed by atoms with E-state index in [1.165, 1.54) is 57.8 Å². The predicted molar refractivity (Wildman–Crippen MR) is 123 cm³/mol. The third-order valence-electron chi connectivity index (χ3n) is 10.7. The van der Waals surface area contributed by atoms with E-state index in [1.54, 1.807) is 0 Å². The third-order valence-corrected chi connectivity index (χ3v) is 10.7. The van der Waals surface area contributed by atoms with Crippen LogP contribution in [0.4, 0.5) is 0 Å². The number of hydrogen-bond donors (Lipinski definition) is 1. The number of rotatable bonds is 5. The minimum atomic E-state index is 0.0928. The molecule has 170 valence electrons. The third kappa shape index (κ3) is 3.56. The van der Waals surface area contributed by atoms with Crippen molar-refractivity contribution in [2.75, 3.05) is 0 Å². The van der Waals surface area contributed by atoms with Gasteiger partial charge in [0.2, 0.25) is 0 Å². The summed E-state index contributed by atoms with van der Waals surface area (Å²) in [4.78, 5) is 12.4. The highest BCUT2D eigenvalue weighted by molar-refractivity contribution is 6.40. The first kappa shape index (κ1) is 22.3. The lowest BCUT2D eigenvalue weighted by Crippen LogP contribution is -2.55. The van der Waals surface area contributed by atoms with Gasteiger partial charge in [-0.2, -0.15) is 0 Å². The number of Topliss-reactive ketones (excluding diaryl/α,β-unsaturated/α-hetero) is 1. The largest absolute Gasteiger partial charge is 0.411 e. The first-order valence-electron chi connectivity index (χ1n) is 12.9. The normalized spacial score (nSPS) is 45.9. The molecule has 0 radical (unpaired) electrons. The van der Waals surface area contributed by atoms with Crippen molar-refractivity contribution in [1.29, 1.82) is 0 Å². The van der Waals surface area contributed by atoms with Crippen molar-refractivity contribution in [3.05, 3.63) is 0 Å². The van der Waals surface area contributed by atoms with Crippen LogP contribution in [0, 0.1) is 52.3 Å². The Morgan fingerprint density at radius 2 is 1.73 bits per heavy atom. The topological polar surface area (TPSA) is 49.7 Å². The summed E-state index contributed by atoms with van der Waals surface area (Å²) in [6.07, 6.45) is 13.5. The Labute approximate surface area is 184 Å². The van der Waals surface area contributed by atoms with Crippen LogP contribution < -0.4 is 0 Å². The molecule has 3 nitrogen and oxygen atoms in total. The maximum atomic E-state index is 12.4. The van der Waals surface area contributed by atoms with Crippen LogP contribution in [0.2, 0.25) is 0 Å². The highest BCUT2D eigenvalue weighted by atomic mass is 16.4. The van der Waals surface area contributed by atoms with E-state index < -0.39 is 0 Å². The van der Waals surface area contributed by atoms with Gasteiger partial charge in [-0.25, -0.2) is 0 Å². The molecule has 4 rings (SSSR count). The summed E-state index contributed by atoms with van der Waals surface area (Å²) in [5.41, 5.74) is 1.12. The van der Waals surface area contributed by atoms with E-state index in [0.717, 1.165) is 29.6 Å². The predicted octanol–water partition coefficient (Wildman–Crippen LogP) is 7.12. The van der Waals surface area contributed by atoms with Gasteiger partial charge in [-0.1, -0.05) is 59.0 Å². The lowest BCUT2D eigenvalue weighted by molar-refractivity contribution is -0.127. The van der Waals surface area contributed by atoms with Gasteiger partial charge in [0, 0.05) is 12.8 Å². The first-order valence-corrected chi connectivity index (χ1v) is 12.9. The maximum Gasteiger partial charge on any atom is 0.180 e. The zero-order chi connectivity index (χ0) is 21.7. The Bertz CT molecular complexity index is 684. The fourth-order valence-electron chi connectivity index (χ4n) is 9.06. The van der Waals surface area contributed by atoms with Gasteiger partial charge in [0.15, 0.2) is 5.78 Å². The molecule has 1 N–H and O–H groups in total. The van der Waals surface area contributed by atoms with Gasteiger partial charge in [-0.15, -0.1) is 0 Å². The van der Waals surface area contributed by atoms with Crippen LogP contribution in [0.25, 0.3) is 0 Å². The fraction of sp³-hybridized carbons (Fsp3) is 0.926. The van der Waals surface area contributed by atoms with Gasteiger partial charge in [-0.05, 0) is 90.8 Å².